The Bertz CT molecular complexity index is 434. The maximum Gasteiger partial charge on any atom is 0.124 e. The first kappa shape index (κ1) is 9.59. The second kappa shape index (κ2) is 4.51. The Labute approximate surface area is 88.6 Å². The molecule has 0 unspecified atom stereocenters. The molecule has 2 nitrogen and oxygen atoms in total. The SMILES string of the molecule is O=CCc1ccc(-c2ccccn2)cc1. The van der Waals surface area contributed by atoms with Gasteiger partial charge in [-0.25, -0.2) is 0 Å². The third-order valence-electron chi connectivity index (χ3n) is 2.23. The monoisotopic (exact) mass is 197 g/mol. The smallest absolute Gasteiger partial charge is 0.124 e. The van der Waals surface area contributed by atoms with Gasteiger partial charge in [-0.15, -0.1) is 0 Å². The molecule has 0 aliphatic heterocycles. The van der Waals surface area contributed by atoms with Crippen LogP contribution in [0.5, 0.6) is 0 Å². The Morgan fingerprint density at radius 3 is 2.47 bits per heavy atom. The average molecular weight is 197 g/mol. The number of aldehydes is 1. The molecular weight excluding hydrogens is 186 g/mol. The fraction of sp³-hybridized carbons (Fsp3) is 0.0769. The lowest BCUT2D eigenvalue weighted by atomic mass is 10.1. The summed E-state index contributed by atoms with van der Waals surface area (Å²) >= 11 is 0. The minimum atomic E-state index is 0.475. The summed E-state index contributed by atoms with van der Waals surface area (Å²) in [7, 11) is 0. The lowest BCUT2D eigenvalue weighted by Gasteiger charge is -2.01. The molecule has 1 aromatic heterocycles. The summed E-state index contributed by atoms with van der Waals surface area (Å²) in [5, 5.41) is 0. The van der Waals surface area contributed by atoms with E-state index >= 15 is 0 Å². The lowest BCUT2D eigenvalue weighted by molar-refractivity contribution is -0.107. The van der Waals surface area contributed by atoms with E-state index in [1.807, 2.05) is 42.5 Å². The highest BCUT2D eigenvalue weighted by atomic mass is 16.1. The average Bonchev–Trinajstić information content (AvgIpc) is 2.32. The van der Waals surface area contributed by atoms with E-state index in [1.165, 1.54) is 0 Å². The molecular formula is C13H11NO. The van der Waals surface area contributed by atoms with Crippen molar-refractivity contribution in [3.05, 3.63) is 54.2 Å². The summed E-state index contributed by atoms with van der Waals surface area (Å²) in [6.07, 6.45) is 3.16. The minimum absolute atomic E-state index is 0.475. The number of rotatable bonds is 3. The van der Waals surface area contributed by atoms with Crippen molar-refractivity contribution in [3.8, 4) is 11.3 Å². The van der Waals surface area contributed by atoms with Gasteiger partial charge < -0.3 is 4.79 Å². The summed E-state index contributed by atoms with van der Waals surface area (Å²) < 4.78 is 0. The van der Waals surface area contributed by atoms with Gasteiger partial charge in [-0.3, -0.25) is 4.98 Å². The highest BCUT2D eigenvalue weighted by molar-refractivity contribution is 5.61. The fourth-order valence-electron chi connectivity index (χ4n) is 1.44. The van der Waals surface area contributed by atoms with Crippen molar-refractivity contribution in [2.75, 3.05) is 0 Å². The van der Waals surface area contributed by atoms with E-state index in [4.69, 9.17) is 0 Å². The van der Waals surface area contributed by atoms with Crippen molar-refractivity contribution in [1.29, 1.82) is 0 Å². The van der Waals surface area contributed by atoms with Gasteiger partial charge in [0.25, 0.3) is 0 Å². The molecule has 0 aliphatic carbocycles. The van der Waals surface area contributed by atoms with E-state index in [0.717, 1.165) is 23.1 Å². The van der Waals surface area contributed by atoms with Gasteiger partial charge in [0.05, 0.1) is 5.69 Å². The maximum atomic E-state index is 10.3. The second-order valence-electron chi connectivity index (χ2n) is 3.28. The third kappa shape index (κ3) is 2.29. The highest BCUT2D eigenvalue weighted by Gasteiger charge is 1.97. The third-order valence-corrected chi connectivity index (χ3v) is 2.23. The topological polar surface area (TPSA) is 30.0 Å². The molecule has 2 aromatic rings. The Balaban J connectivity index is 2.28. The van der Waals surface area contributed by atoms with Gasteiger partial charge in [-0.2, -0.15) is 0 Å². The molecule has 0 spiro atoms. The van der Waals surface area contributed by atoms with Crippen molar-refractivity contribution in [2.45, 2.75) is 6.42 Å². The maximum absolute atomic E-state index is 10.3. The quantitative estimate of drug-likeness (QED) is 0.707. The zero-order chi connectivity index (χ0) is 10.5. The minimum Gasteiger partial charge on any atom is -0.303 e. The van der Waals surface area contributed by atoms with Crippen LogP contribution in [0.15, 0.2) is 48.7 Å². The summed E-state index contributed by atoms with van der Waals surface area (Å²) in [6.45, 7) is 0. The van der Waals surface area contributed by atoms with Crippen LogP contribution in [0.3, 0.4) is 0 Å². The van der Waals surface area contributed by atoms with E-state index in [9.17, 15) is 4.79 Å². The molecule has 0 bridgehead atoms. The Hall–Kier alpha value is -1.96. The molecule has 0 saturated heterocycles. The van der Waals surface area contributed by atoms with Gasteiger partial charge in [-0.05, 0) is 17.7 Å². The highest BCUT2D eigenvalue weighted by Crippen LogP contribution is 2.16. The van der Waals surface area contributed by atoms with E-state index in [1.54, 1.807) is 6.20 Å². The fourth-order valence-corrected chi connectivity index (χ4v) is 1.44. The van der Waals surface area contributed by atoms with E-state index in [0.29, 0.717) is 6.42 Å². The molecule has 1 aromatic carbocycles. The molecule has 74 valence electrons. The number of carbonyl (C=O) groups excluding carboxylic acids is 1. The zero-order valence-electron chi connectivity index (χ0n) is 8.26. The number of hydrogen-bond donors (Lipinski definition) is 0. The molecule has 0 fully saturated rings. The van der Waals surface area contributed by atoms with Crippen LogP contribution < -0.4 is 0 Å². The van der Waals surface area contributed by atoms with E-state index in [-0.39, 0.29) is 0 Å². The molecule has 0 atom stereocenters. The van der Waals surface area contributed by atoms with Crippen molar-refractivity contribution < 1.29 is 4.79 Å². The number of carbonyl (C=O) groups is 1. The largest absolute Gasteiger partial charge is 0.303 e. The van der Waals surface area contributed by atoms with Crippen LogP contribution in [0, 0.1) is 0 Å². The van der Waals surface area contributed by atoms with Gasteiger partial charge >= 0.3 is 0 Å². The first-order valence-electron chi connectivity index (χ1n) is 4.84. The lowest BCUT2D eigenvalue weighted by Crippen LogP contribution is -1.86. The predicted molar refractivity (Wildman–Crippen MR) is 59.4 cm³/mol. The van der Waals surface area contributed by atoms with Crippen molar-refractivity contribution in [2.24, 2.45) is 0 Å². The number of benzene rings is 1. The molecule has 0 amide bonds. The predicted octanol–water partition coefficient (Wildman–Crippen LogP) is 2.49. The van der Waals surface area contributed by atoms with Gasteiger partial charge in [0.1, 0.15) is 6.29 Å². The Morgan fingerprint density at radius 2 is 1.87 bits per heavy atom. The van der Waals surface area contributed by atoms with Crippen LogP contribution in [0.4, 0.5) is 0 Å². The van der Waals surface area contributed by atoms with Gasteiger partial charge in [-0.1, -0.05) is 30.3 Å². The van der Waals surface area contributed by atoms with Gasteiger partial charge in [0.15, 0.2) is 0 Å². The van der Waals surface area contributed by atoms with Crippen molar-refractivity contribution in [1.82, 2.24) is 4.98 Å². The Morgan fingerprint density at radius 1 is 1.07 bits per heavy atom. The van der Waals surface area contributed by atoms with Crippen LogP contribution in [-0.2, 0) is 11.2 Å². The first-order chi connectivity index (χ1) is 7.40. The summed E-state index contributed by atoms with van der Waals surface area (Å²) in [4.78, 5) is 14.6. The summed E-state index contributed by atoms with van der Waals surface area (Å²) in [6, 6.07) is 13.7. The van der Waals surface area contributed by atoms with E-state index < -0.39 is 0 Å². The Kier molecular flexibility index (Phi) is 2.88. The molecule has 2 heteroatoms. The van der Waals surface area contributed by atoms with Crippen molar-refractivity contribution >= 4 is 6.29 Å². The summed E-state index contributed by atoms with van der Waals surface area (Å²) in [5.41, 5.74) is 3.06. The van der Waals surface area contributed by atoms with Crippen LogP contribution in [0.1, 0.15) is 5.56 Å². The molecule has 0 aliphatic rings. The van der Waals surface area contributed by atoms with Gasteiger partial charge in [0, 0.05) is 18.2 Å². The molecule has 0 saturated carbocycles. The molecule has 0 N–H and O–H groups in total. The number of nitrogens with zero attached hydrogens (tertiary/aromatic N) is 1. The van der Waals surface area contributed by atoms with Crippen LogP contribution in [0.2, 0.25) is 0 Å². The number of hydrogen-bond acceptors (Lipinski definition) is 2. The van der Waals surface area contributed by atoms with Gasteiger partial charge in [0.2, 0.25) is 0 Å². The second-order valence-corrected chi connectivity index (χ2v) is 3.28. The van der Waals surface area contributed by atoms with Crippen molar-refractivity contribution in [3.63, 3.8) is 0 Å². The standard InChI is InChI=1S/C13H11NO/c15-10-8-11-4-6-12(7-5-11)13-3-1-2-9-14-13/h1-7,9-10H,8H2. The zero-order valence-corrected chi connectivity index (χ0v) is 8.26. The van der Waals surface area contributed by atoms with Crippen LogP contribution in [0.25, 0.3) is 11.3 Å². The normalized spacial score (nSPS) is 9.87. The van der Waals surface area contributed by atoms with E-state index in [2.05, 4.69) is 4.98 Å². The molecule has 1 heterocycles. The molecule has 15 heavy (non-hydrogen) atoms. The molecule has 2 rings (SSSR count). The summed E-state index contributed by atoms with van der Waals surface area (Å²) in [5.74, 6) is 0. The molecule has 0 radical (unpaired) electrons. The number of pyridine rings is 1. The number of aromatic nitrogens is 1. The first-order valence-corrected chi connectivity index (χ1v) is 4.84. The van der Waals surface area contributed by atoms with Crippen LogP contribution in [-0.4, -0.2) is 11.3 Å². The van der Waals surface area contributed by atoms with Crippen LogP contribution >= 0.6 is 0 Å².